The van der Waals surface area contributed by atoms with Gasteiger partial charge in [-0.05, 0) is 46.9 Å². The zero-order chi connectivity index (χ0) is 20.3. The van der Waals surface area contributed by atoms with E-state index in [-0.39, 0.29) is 0 Å². The topological polar surface area (TPSA) is 43.8 Å². The lowest BCUT2D eigenvalue weighted by molar-refractivity contribution is 0.0996. The monoisotopic (exact) mass is 377 g/mol. The minimum atomic E-state index is 0.464. The molecule has 2 aromatic carbocycles. The van der Waals surface area contributed by atoms with E-state index in [9.17, 15) is 0 Å². The first-order valence-electron chi connectivity index (χ1n) is 10.5. The van der Waals surface area contributed by atoms with Gasteiger partial charge in [-0.2, -0.15) is 0 Å². The number of nitrogens with two attached hydrogens (primary N) is 1. The Hall–Kier alpha value is -2.13. The minimum Gasteiger partial charge on any atom is -0.330 e. The number of hydrogen-bond acceptors (Lipinski definition) is 2. The van der Waals surface area contributed by atoms with Crippen LogP contribution in [-0.4, -0.2) is 9.55 Å². The third-order valence-electron chi connectivity index (χ3n) is 6.83. The molecule has 1 fully saturated rings. The molecule has 3 heteroatoms. The third kappa shape index (κ3) is 4.30. The molecule has 4 rings (SSSR count). The Bertz CT molecular complexity index is 908. The lowest BCUT2D eigenvalue weighted by Gasteiger charge is -2.40. The van der Waals surface area contributed by atoms with E-state index in [1.54, 1.807) is 0 Å². The Labute approximate surface area is 170 Å². The summed E-state index contributed by atoms with van der Waals surface area (Å²) in [6, 6.07) is 16.7. The van der Waals surface area contributed by atoms with Crippen LogP contribution in [0.4, 0.5) is 0 Å². The van der Waals surface area contributed by atoms with Crippen molar-refractivity contribution in [2.24, 2.45) is 30.0 Å². The maximum atomic E-state index is 5.68. The number of nitrogens with zero attached hydrogens (tertiary/aromatic N) is 2. The van der Waals surface area contributed by atoms with Crippen molar-refractivity contribution in [1.29, 1.82) is 0 Å². The average molecular weight is 378 g/mol. The molecule has 1 aliphatic carbocycles. The van der Waals surface area contributed by atoms with E-state index in [1.807, 2.05) is 25.2 Å². The Morgan fingerprint density at radius 2 is 1.79 bits per heavy atom. The molecule has 3 aromatic rings. The van der Waals surface area contributed by atoms with Crippen molar-refractivity contribution in [3.63, 3.8) is 0 Å². The summed E-state index contributed by atoms with van der Waals surface area (Å²) >= 11 is 0. The van der Waals surface area contributed by atoms with E-state index in [1.165, 1.54) is 30.4 Å². The Morgan fingerprint density at radius 1 is 1.07 bits per heavy atom. The largest absolute Gasteiger partial charge is 0.330 e. The van der Waals surface area contributed by atoms with Crippen LogP contribution in [0.1, 0.15) is 52.8 Å². The highest BCUT2D eigenvalue weighted by atomic mass is 15.1. The van der Waals surface area contributed by atoms with Crippen molar-refractivity contribution in [2.45, 2.75) is 53.5 Å². The number of hydrogen-bond donors (Lipinski definition) is 1. The SMILES string of the molecule is CC1CCCC(C)(C)C1C.Cn1c(CN)nc2ccc(-c3ccccc3)cc21. The highest BCUT2D eigenvalue weighted by Gasteiger charge is 2.32. The van der Waals surface area contributed by atoms with Crippen LogP contribution in [0.15, 0.2) is 48.5 Å². The van der Waals surface area contributed by atoms with E-state index < -0.39 is 0 Å². The van der Waals surface area contributed by atoms with Gasteiger partial charge >= 0.3 is 0 Å². The van der Waals surface area contributed by atoms with Gasteiger partial charge in [-0.25, -0.2) is 4.98 Å². The summed E-state index contributed by atoms with van der Waals surface area (Å²) in [7, 11) is 2.01. The van der Waals surface area contributed by atoms with Crippen LogP contribution in [0.25, 0.3) is 22.2 Å². The molecule has 2 unspecified atom stereocenters. The third-order valence-corrected chi connectivity index (χ3v) is 6.83. The average Bonchev–Trinajstić information content (AvgIpc) is 3.02. The molecule has 1 aromatic heterocycles. The smallest absolute Gasteiger partial charge is 0.123 e. The van der Waals surface area contributed by atoms with Gasteiger partial charge in [0.2, 0.25) is 0 Å². The van der Waals surface area contributed by atoms with E-state index in [4.69, 9.17) is 5.73 Å². The zero-order valence-electron chi connectivity index (χ0n) is 18.1. The van der Waals surface area contributed by atoms with Gasteiger partial charge in [0.25, 0.3) is 0 Å². The van der Waals surface area contributed by atoms with Crippen molar-refractivity contribution < 1.29 is 0 Å². The van der Waals surface area contributed by atoms with Crippen molar-refractivity contribution in [3.05, 3.63) is 54.4 Å². The summed E-state index contributed by atoms with van der Waals surface area (Å²) in [4.78, 5) is 4.50. The predicted molar refractivity (Wildman–Crippen MR) is 120 cm³/mol. The zero-order valence-corrected chi connectivity index (χ0v) is 18.1. The fourth-order valence-corrected chi connectivity index (χ4v) is 4.36. The van der Waals surface area contributed by atoms with Crippen LogP contribution in [0.5, 0.6) is 0 Å². The van der Waals surface area contributed by atoms with Crippen LogP contribution in [0, 0.1) is 17.3 Å². The van der Waals surface area contributed by atoms with Gasteiger partial charge in [-0.1, -0.05) is 76.9 Å². The summed E-state index contributed by atoms with van der Waals surface area (Å²) in [5.74, 6) is 2.78. The maximum absolute atomic E-state index is 5.68. The molecular weight excluding hydrogens is 342 g/mol. The minimum absolute atomic E-state index is 0.464. The first-order chi connectivity index (χ1) is 13.3. The van der Waals surface area contributed by atoms with Gasteiger partial charge in [0.05, 0.1) is 17.6 Å². The molecule has 0 saturated heterocycles. The molecule has 0 amide bonds. The van der Waals surface area contributed by atoms with Crippen LogP contribution in [0.3, 0.4) is 0 Å². The van der Waals surface area contributed by atoms with Crippen molar-refractivity contribution >= 4 is 11.0 Å². The maximum Gasteiger partial charge on any atom is 0.123 e. The number of imidazole rings is 1. The van der Waals surface area contributed by atoms with Crippen molar-refractivity contribution in [3.8, 4) is 11.1 Å². The molecule has 2 N–H and O–H groups in total. The second-order valence-corrected chi connectivity index (χ2v) is 9.01. The van der Waals surface area contributed by atoms with E-state index in [2.05, 4.69) is 67.6 Å². The van der Waals surface area contributed by atoms with Crippen LogP contribution in [-0.2, 0) is 13.6 Å². The fraction of sp³-hybridized carbons (Fsp3) is 0.480. The molecule has 0 radical (unpaired) electrons. The molecule has 0 spiro atoms. The molecule has 0 bridgehead atoms. The predicted octanol–water partition coefficient (Wildman–Crippen LogP) is 6.17. The van der Waals surface area contributed by atoms with Gasteiger partial charge in [0, 0.05) is 7.05 Å². The molecule has 150 valence electrons. The van der Waals surface area contributed by atoms with Gasteiger partial charge < -0.3 is 10.3 Å². The molecule has 2 atom stereocenters. The number of benzene rings is 2. The lowest BCUT2D eigenvalue weighted by Crippen LogP contribution is -2.31. The second-order valence-electron chi connectivity index (χ2n) is 9.01. The molecule has 0 aliphatic heterocycles. The fourth-order valence-electron chi connectivity index (χ4n) is 4.36. The number of rotatable bonds is 2. The van der Waals surface area contributed by atoms with Crippen LogP contribution >= 0.6 is 0 Å². The molecule has 3 nitrogen and oxygen atoms in total. The second kappa shape index (κ2) is 8.48. The lowest BCUT2D eigenvalue weighted by atomic mass is 9.65. The van der Waals surface area contributed by atoms with E-state index >= 15 is 0 Å². The molecular formula is C25H35N3. The summed E-state index contributed by atoms with van der Waals surface area (Å²) in [5, 5.41) is 0. The highest BCUT2D eigenvalue weighted by Crippen LogP contribution is 2.43. The molecule has 1 heterocycles. The Morgan fingerprint density at radius 3 is 2.39 bits per heavy atom. The Kier molecular flexibility index (Phi) is 6.24. The summed E-state index contributed by atoms with van der Waals surface area (Å²) in [6.07, 6.45) is 4.32. The van der Waals surface area contributed by atoms with Gasteiger partial charge in [-0.15, -0.1) is 0 Å². The number of fused-ring (bicyclic) bond motifs is 1. The number of aryl methyl sites for hydroxylation is 1. The first kappa shape index (κ1) is 20.6. The first-order valence-corrected chi connectivity index (χ1v) is 10.5. The molecule has 1 aliphatic rings. The van der Waals surface area contributed by atoms with Crippen molar-refractivity contribution in [2.75, 3.05) is 0 Å². The molecule has 28 heavy (non-hydrogen) atoms. The summed E-state index contributed by atoms with van der Waals surface area (Å²) < 4.78 is 2.06. The van der Waals surface area contributed by atoms with Gasteiger partial charge in [-0.3, -0.25) is 0 Å². The van der Waals surface area contributed by atoms with Gasteiger partial charge in [0.1, 0.15) is 5.82 Å². The van der Waals surface area contributed by atoms with Crippen LogP contribution in [0.2, 0.25) is 0 Å². The van der Waals surface area contributed by atoms with E-state index in [0.29, 0.717) is 12.0 Å². The van der Waals surface area contributed by atoms with Gasteiger partial charge in [0.15, 0.2) is 0 Å². The molecule has 1 saturated carbocycles. The normalized spacial score (nSPS) is 21.2. The summed E-state index contributed by atoms with van der Waals surface area (Å²) in [5.41, 5.74) is 10.8. The Balaban J connectivity index is 0.000000192. The van der Waals surface area contributed by atoms with Crippen molar-refractivity contribution in [1.82, 2.24) is 9.55 Å². The number of aromatic nitrogens is 2. The quantitative estimate of drug-likeness (QED) is 0.580. The highest BCUT2D eigenvalue weighted by molar-refractivity contribution is 5.82. The van der Waals surface area contributed by atoms with E-state index in [0.717, 1.165) is 28.7 Å². The summed E-state index contributed by atoms with van der Waals surface area (Å²) in [6.45, 7) is 10.1. The standard InChI is InChI=1S/C15H15N3.C10H20/c1-18-14-9-12(11-5-3-2-4-6-11)7-8-13(14)17-15(18)10-16;1-8-6-5-7-10(3,4)9(8)2/h2-9H,10,16H2,1H3;8-9H,5-7H2,1-4H3. The van der Waals surface area contributed by atoms with Crippen LogP contribution < -0.4 is 5.73 Å².